The van der Waals surface area contributed by atoms with Gasteiger partial charge in [0.25, 0.3) is 0 Å². The molecule has 1 aromatic rings. The van der Waals surface area contributed by atoms with E-state index < -0.39 is 0 Å². The van der Waals surface area contributed by atoms with Gasteiger partial charge in [-0.15, -0.1) is 0 Å². The Bertz CT molecular complexity index is 408. The van der Waals surface area contributed by atoms with Gasteiger partial charge in [0.1, 0.15) is 0 Å². The Morgan fingerprint density at radius 2 is 2.10 bits per heavy atom. The zero-order valence-corrected chi connectivity index (χ0v) is 13.5. The lowest BCUT2D eigenvalue weighted by atomic mass is 9.87. The number of nitrogens with zero attached hydrogens (tertiary/aromatic N) is 3. The van der Waals surface area contributed by atoms with Gasteiger partial charge >= 0.3 is 0 Å². The van der Waals surface area contributed by atoms with Crippen molar-refractivity contribution in [2.45, 2.75) is 64.6 Å². The molecule has 0 aromatic carbocycles. The molecular weight excluding hydrogens is 248 g/mol. The molecule has 1 aliphatic heterocycles. The summed E-state index contributed by atoms with van der Waals surface area (Å²) in [6, 6.07) is 2.79. The molecule has 1 atom stereocenters. The SMILES string of the molecule is CCCC1CNC(CC)(CC)CN1Cc1ccn(C)n1. The van der Waals surface area contributed by atoms with Crippen molar-refractivity contribution in [3.8, 4) is 0 Å². The fraction of sp³-hybridized carbons (Fsp3) is 0.812. The Labute approximate surface area is 123 Å². The van der Waals surface area contributed by atoms with E-state index in [1.54, 1.807) is 0 Å². The molecule has 0 bridgehead atoms. The highest BCUT2D eigenvalue weighted by Gasteiger charge is 2.36. The van der Waals surface area contributed by atoms with E-state index in [9.17, 15) is 0 Å². The molecule has 2 rings (SSSR count). The van der Waals surface area contributed by atoms with Crippen LogP contribution in [0.15, 0.2) is 12.3 Å². The third-order valence-electron chi connectivity index (χ3n) is 4.84. The molecule has 20 heavy (non-hydrogen) atoms. The van der Waals surface area contributed by atoms with Gasteiger partial charge < -0.3 is 5.32 Å². The summed E-state index contributed by atoms with van der Waals surface area (Å²) in [4.78, 5) is 2.65. The summed E-state index contributed by atoms with van der Waals surface area (Å²) in [5.41, 5.74) is 1.48. The molecule has 1 unspecified atom stereocenters. The average Bonchev–Trinajstić information content (AvgIpc) is 2.86. The summed E-state index contributed by atoms with van der Waals surface area (Å²) in [6.07, 6.45) is 6.95. The van der Waals surface area contributed by atoms with E-state index in [0.29, 0.717) is 11.6 Å². The second kappa shape index (κ2) is 6.72. The molecule has 0 radical (unpaired) electrons. The van der Waals surface area contributed by atoms with Crippen LogP contribution >= 0.6 is 0 Å². The monoisotopic (exact) mass is 278 g/mol. The van der Waals surface area contributed by atoms with E-state index in [1.807, 2.05) is 17.9 Å². The summed E-state index contributed by atoms with van der Waals surface area (Å²) in [5.74, 6) is 0. The minimum Gasteiger partial charge on any atom is -0.308 e. The fourth-order valence-electron chi connectivity index (χ4n) is 3.32. The molecule has 114 valence electrons. The predicted molar refractivity (Wildman–Crippen MR) is 83.6 cm³/mol. The van der Waals surface area contributed by atoms with E-state index in [2.05, 4.69) is 42.2 Å². The van der Waals surface area contributed by atoms with Crippen molar-refractivity contribution in [3.05, 3.63) is 18.0 Å². The molecular formula is C16H30N4. The summed E-state index contributed by atoms with van der Waals surface area (Å²) >= 11 is 0. The Morgan fingerprint density at radius 1 is 1.35 bits per heavy atom. The maximum Gasteiger partial charge on any atom is 0.0764 e. The van der Waals surface area contributed by atoms with Crippen LogP contribution in [0.1, 0.15) is 52.1 Å². The first-order valence-electron chi connectivity index (χ1n) is 8.10. The first kappa shape index (κ1) is 15.5. The average molecular weight is 278 g/mol. The van der Waals surface area contributed by atoms with Gasteiger partial charge in [-0.25, -0.2) is 0 Å². The third kappa shape index (κ3) is 3.41. The van der Waals surface area contributed by atoms with Crippen LogP contribution in [0, 0.1) is 0 Å². The van der Waals surface area contributed by atoms with Crippen molar-refractivity contribution in [3.63, 3.8) is 0 Å². The van der Waals surface area contributed by atoms with Crippen molar-refractivity contribution >= 4 is 0 Å². The molecule has 1 fully saturated rings. The van der Waals surface area contributed by atoms with Gasteiger partial charge in [0, 0.05) is 44.5 Å². The van der Waals surface area contributed by atoms with Gasteiger partial charge in [0.05, 0.1) is 5.69 Å². The van der Waals surface area contributed by atoms with Crippen LogP contribution < -0.4 is 5.32 Å². The van der Waals surface area contributed by atoms with Crippen LogP contribution in [0.4, 0.5) is 0 Å². The van der Waals surface area contributed by atoms with Gasteiger partial charge in [-0.1, -0.05) is 27.2 Å². The van der Waals surface area contributed by atoms with E-state index in [4.69, 9.17) is 0 Å². The maximum atomic E-state index is 4.55. The third-order valence-corrected chi connectivity index (χ3v) is 4.84. The Balaban J connectivity index is 2.10. The molecule has 4 nitrogen and oxygen atoms in total. The molecule has 4 heteroatoms. The standard InChI is InChI=1S/C16H30N4/c1-5-8-15-11-17-16(6-2,7-3)13-20(15)12-14-9-10-19(4)18-14/h9-10,15,17H,5-8,11-13H2,1-4H3. The predicted octanol–water partition coefficient (Wildman–Crippen LogP) is 2.55. The van der Waals surface area contributed by atoms with E-state index >= 15 is 0 Å². The van der Waals surface area contributed by atoms with E-state index in [1.165, 1.54) is 31.4 Å². The second-order valence-corrected chi connectivity index (χ2v) is 6.20. The van der Waals surface area contributed by atoms with Crippen LogP contribution in [0.2, 0.25) is 0 Å². The molecule has 0 saturated carbocycles. The van der Waals surface area contributed by atoms with Crippen LogP contribution in [-0.2, 0) is 13.6 Å². The van der Waals surface area contributed by atoms with Gasteiger partial charge in [-0.2, -0.15) is 5.10 Å². The van der Waals surface area contributed by atoms with Crippen molar-refractivity contribution < 1.29 is 0 Å². The number of piperazine rings is 1. The van der Waals surface area contributed by atoms with Crippen molar-refractivity contribution in [2.75, 3.05) is 13.1 Å². The largest absolute Gasteiger partial charge is 0.308 e. The number of rotatable bonds is 6. The first-order chi connectivity index (χ1) is 9.62. The molecule has 1 aliphatic rings. The first-order valence-corrected chi connectivity index (χ1v) is 8.10. The van der Waals surface area contributed by atoms with Crippen LogP contribution in [0.3, 0.4) is 0 Å². The minimum atomic E-state index is 0.291. The number of aryl methyl sites for hydroxylation is 1. The summed E-state index contributed by atoms with van der Waals surface area (Å²) in [5, 5.41) is 8.37. The summed E-state index contributed by atoms with van der Waals surface area (Å²) < 4.78 is 1.90. The molecule has 0 aliphatic carbocycles. The Hall–Kier alpha value is -0.870. The minimum absolute atomic E-state index is 0.291. The summed E-state index contributed by atoms with van der Waals surface area (Å²) in [6.45, 7) is 10.1. The molecule has 1 saturated heterocycles. The smallest absolute Gasteiger partial charge is 0.0764 e. The fourth-order valence-corrected chi connectivity index (χ4v) is 3.32. The van der Waals surface area contributed by atoms with Crippen molar-refractivity contribution in [2.24, 2.45) is 7.05 Å². The quantitative estimate of drug-likeness (QED) is 0.868. The zero-order chi connectivity index (χ0) is 14.6. The molecule has 2 heterocycles. The van der Waals surface area contributed by atoms with E-state index in [-0.39, 0.29) is 0 Å². The highest BCUT2D eigenvalue weighted by molar-refractivity contribution is 5.03. The number of nitrogens with one attached hydrogen (secondary N) is 1. The van der Waals surface area contributed by atoms with Gasteiger partial charge in [-0.05, 0) is 25.3 Å². The molecule has 1 N–H and O–H groups in total. The lowest BCUT2D eigenvalue weighted by Crippen LogP contribution is -2.63. The lowest BCUT2D eigenvalue weighted by molar-refractivity contribution is 0.0605. The number of hydrogen-bond donors (Lipinski definition) is 1. The van der Waals surface area contributed by atoms with Gasteiger partial charge in [0.15, 0.2) is 0 Å². The van der Waals surface area contributed by atoms with Gasteiger partial charge in [-0.3, -0.25) is 9.58 Å². The normalized spacial score (nSPS) is 23.1. The molecule has 0 amide bonds. The van der Waals surface area contributed by atoms with Crippen LogP contribution in [0.5, 0.6) is 0 Å². The van der Waals surface area contributed by atoms with E-state index in [0.717, 1.165) is 19.6 Å². The Morgan fingerprint density at radius 3 is 2.65 bits per heavy atom. The van der Waals surface area contributed by atoms with Crippen molar-refractivity contribution in [1.29, 1.82) is 0 Å². The maximum absolute atomic E-state index is 4.55. The Kier molecular flexibility index (Phi) is 5.22. The molecule has 0 spiro atoms. The number of hydrogen-bond acceptors (Lipinski definition) is 3. The second-order valence-electron chi connectivity index (χ2n) is 6.20. The highest BCUT2D eigenvalue weighted by Crippen LogP contribution is 2.25. The number of aromatic nitrogens is 2. The van der Waals surface area contributed by atoms with Crippen LogP contribution in [0.25, 0.3) is 0 Å². The van der Waals surface area contributed by atoms with Crippen LogP contribution in [-0.4, -0.2) is 39.4 Å². The molecule has 1 aromatic heterocycles. The van der Waals surface area contributed by atoms with Crippen molar-refractivity contribution in [1.82, 2.24) is 20.0 Å². The lowest BCUT2D eigenvalue weighted by Gasteiger charge is -2.47. The zero-order valence-electron chi connectivity index (χ0n) is 13.5. The topological polar surface area (TPSA) is 33.1 Å². The summed E-state index contributed by atoms with van der Waals surface area (Å²) in [7, 11) is 1.99. The highest BCUT2D eigenvalue weighted by atomic mass is 15.3. The van der Waals surface area contributed by atoms with Gasteiger partial charge in [0.2, 0.25) is 0 Å².